The van der Waals surface area contributed by atoms with E-state index < -0.39 is 35.9 Å². The van der Waals surface area contributed by atoms with Gasteiger partial charge in [0.05, 0.1) is 13.4 Å². The highest BCUT2D eigenvalue weighted by Gasteiger charge is 2.30. The van der Waals surface area contributed by atoms with Gasteiger partial charge in [0.25, 0.3) is 0 Å². The molecule has 2 aromatic carbocycles. The van der Waals surface area contributed by atoms with E-state index in [1.54, 1.807) is 6.20 Å². The van der Waals surface area contributed by atoms with Crippen molar-refractivity contribution in [1.29, 1.82) is 0 Å². The number of hydrogen-bond acceptors (Lipinski definition) is 6. The van der Waals surface area contributed by atoms with Gasteiger partial charge in [-0.25, -0.2) is 9.78 Å². The summed E-state index contributed by atoms with van der Waals surface area (Å²) in [5.41, 5.74) is 2.30. The number of carbonyl (C=O) groups excluding carboxylic acids is 4. The Morgan fingerprint density at radius 2 is 1.30 bits per heavy atom. The Hall–Kier alpha value is -4.47. The van der Waals surface area contributed by atoms with Crippen LogP contribution in [0.25, 0.3) is 0 Å². The Kier molecular flexibility index (Phi) is 9.95. The summed E-state index contributed by atoms with van der Waals surface area (Å²) in [6.07, 6.45) is 3.57. The zero-order valence-electron chi connectivity index (χ0n) is 20.8. The van der Waals surface area contributed by atoms with E-state index in [0.717, 1.165) is 11.1 Å². The molecule has 1 aromatic heterocycles. The molecule has 0 aliphatic carbocycles. The monoisotopic (exact) mass is 505 g/mol. The van der Waals surface area contributed by atoms with Gasteiger partial charge in [0.15, 0.2) is 0 Å². The fourth-order valence-electron chi connectivity index (χ4n) is 3.86. The smallest absolute Gasteiger partial charge is 0.328 e. The molecular formula is C27H31N5O5. The third-order valence-corrected chi connectivity index (χ3v) is 5.67. The standard InChI is InChI=1S/C27H31N5O5/c1-18(33)30-22(13-19-9-5-3-6-10-19)25(34)31-23(14-20-11-7-4-8-12-20)26(35)32-24(27(36)37-2)15-21-16-28-17-29-21/h3-12,16-17,22-24H,13-15H2,1-2H3,(H,28,29)(H,30,33)(H,31,34)(H,32,35)/t22-,23-,24+/m1/s1. The minimum absolute atomic E-state index is 0.132. The van der Waals surface area contributed by atoms with Crippen LogP contribution in [0, 0.1) is 0 Å². The molecule has 10 nitrogen and oxygen atoms in total. The molecule has 3 rings (SSSR count). The van der Waals surface area contributed by atoms with Gasteiger partial charge in [-0.2, -0.15) is 0 Å². The summed E-state index contributed by atoms with van der Waals surface area (Å²) < 4.78 is 4.87. The third-order valence-electron chi connectivity index (χ3n) is 5.67. The maximum absolute atomic E-state index is 13.4. The summed E-state index contributed by atoms with van der Waals surface area (Å²) in [5, 5.41) is 8.14. The maximum Gasteiger partial charge on any atom is 0.328 e. The van der Waals surface area contributed by atoms with Crippen molar-refractivity contribution in [2.24, 2.45) is 0 Å². The maximum atomic E-state index is 13.4. The number of imidazole rings is 1. The number of hydrogen-bond donors (Lipinski definition) is 4. The van der Waals surface area contributed by atoms with Gasteiger partial charge in [-0.1, -0.05) is 60.7 Å². The lowest BCUT2D eigenvalue weighted by Gasteiger charge is -2.25. The Morgan fingerprint density at radius 3 is 1.76 bits per heavy atom. The van der Waals surface area contributed by atoms with Gasteiger partial charge in [0.1, 0.15) is 18.1 Å². The van der Waals surface area contributed by atoms with Crippen LogP contribution in [0.15, 0.2) is 73.2 Å². The van der Waals surface area contributed by atoms with Gasteiger partial charge in [-0.05, 0) is 11.1 Å². The molecule has 4 N–H and O–H groups in total. The number of carbonyl (C=O) groups is 4. The van der Waals surface area contributed by atoms with Crippen LogP contribution < -0.4 is 16.0 Å². The molecule has 3 aromatic rings. The molecule has 3 atom stereocenters. The molecule has 10 heteroatoms. The Labute approximate surface area is 215 Å². The van der Waals surface area contributed by atoms with Crippen molar-refractivity contribution in [2.75, 3.05) is 7.11 Å². The van der Waals surface area contributed by atoms with Crippen LogP contribution in [0.1, 0.15) is 23.7 Å². The van der Waals surface area contributed by atoms with Crippen molar-refractivity contribution in [3.8, 4) is 0 Å². The summed E-state index contributed by atoms with van der Waals surface area (Å²) in [6, 6.07) is 15.5. The van der Waals surface area contributed by atoms with Crippen molar-refractivity contribution in [3.05, 3.63) is 90.0 Å². The second-order valence-electron chi connectivity index (χ2n) is 8.56. The molecule has 0 saturated heterocycles. The van der Waals surface area contributed by atoms with Gasteiger partial charge in [-0.15, -0.1) is 0 Å². The molecule has 0 fully saturated rings. The number of H-pyrrole nitrogens is 1. The minimum atomic E-state index is -1.02. The predicted octanol–water partition coefficient (Wildman–Crippen LogP) is 1.08. The van der Waals surface area contributed by atoms with Crippen LogP contribution in [0.4, 0.5) is 0 Å². The van der Waals surface area contributed by atoms with Crippen molar-refractivity contribution in [2.45, 2.75) is 44.3 Å². The number of aromatic nitrogens is 2. The van der Waals surface area contributed by atoms with Gasteiger partial charge < -0.3 is 25.7 Å². The molecule has 0 spiro atoms. The molecule has 0 aliphatic heterocycles. The van der Waals surface area contributed by atoms with Crippen molar-refractivity contribution < 1.29 is 23.9 Å². The van der Waals surface area contributed by atoms with Crippen LogP contribution >= 0.6 is 0 Å². The van der Waals surface area contributed by atoms with Crippen LogP contribution in [-0.4, -0.2) is 58.9 Å². The molecule has 0 saturated carbocycles. The average molecular weight is 506 g/mol. The minimum Gasteiger partial charge on any atom is -0.467 e. The van der Waals surface area contributed by atoms with Crippen LogP contribution in [-0.2, 0) is 43.2 Å². The number of rotatable bonds is 12. The molecule has 3 amide bonds. The second kappa shape index (κ2) is 13.6. The molecule has 0 unspecified atom stereocenters. The quantitative estimate of drug-likeness (QED) is 0.272. The molecule has 194 valence electrons. The lowest BCUT2D eigenvalue weighted by atomic mass is 10.0. The van der Waals surface area contributed by atoms with Crippen molar-refractivity contribution in [3.63, 3.8) is 0 Å². The first kappa shape index (κ1) is 27.1. The number of nitrogens with one attached hydrogen (secondary N) is 4. The summed E-state index contributed by atoms with van der Waals surface area (Å²) in [7, 11) is 1.24. The lowest BCUT2D eigenvalue weighted by molar-refractivity contribution is -0.145. The Balaban J connectivity index is 1.80. The number of aromatic amines is 1. The number of benzene rings is 2. The fourth-order valence-corrected chi connectivity index (χ4v) is 3.86. The van der Waals surface area contributed by atoms with E-state index in [-0.39, 0.29) is 25.2 Å². The van der Waals surface area contributed by atoms with E-state index in [4.69, 9.17) is 4.74 Å². The normalized spacial score (nSPS) is 13.0. The van der Waals surface area contributed by atoms with E-state index in [0.29, 0.717) is 5.69 Å². The molecule has 0 bridgehead atoms. The first-order valence-corrected chi connectivity index (χ1v) is 11.9. The molecule has 0 radical (unpaired) electrons. The van der Waals surface area contributed by atoms with E-state index in [2.05, 4.69) is 25.9 Å². The molecule has 1 heterocycles. The zero-order valence-corrected chi connectivity index (χ0v) is 20.8. The number of nitrogens with zero attached hydrogens (tertiary/aromatic N) is 1. The Morgan fingerprint density at radius 1 is 0.784 bits per heavy atom. The van der Waals surface area contributed by atoms with E-state index >= 15 is 0 Å². The van der Waals surface area contributed by atoms with E-state index in [1.165, 1.54) is 20.4 Å². The fraction of sp³-hybridized carbons (Fsp3) is 0.296. The van der Waals surface area contributed by atoms with Crippen LogP contribution in [0.2, 0.25) is 0 Å². The number of methoxy groups -OCH3 is 1. The lowest BCUT2D eigenvalue weighted by Crippen LogP contribution is -2.57. The van der Waals surface area contributed by atoms with Gasteiger partial charge in [-0.3, -0.25) is 14.4 Å². The van der Waals surface area contributed by atoms with Gasteiger partial charge >= 0.3 is 5.97 Å². The number of amides is 3. The first-order valence-electron chi connectivity index (χ1n) is 11.9. The largest absolute Gasteiger partial charge is 0.467 e. The molecule has 37 heavy (non-hydrogen) atoms. The van der Waals surface area contributed by atoms with E-state index in [9.17, 15) is 19.2 Å². The van der Waals surface area contributed by atoms with Crippen molar-refractivity contribution in [1.82, 2.24) is 25.9 Å². The Bertz CT molecular complexity index is 1170. The van der Waals surface area contributed by atoms with Crippen LogP contribution in [0.5, 0.6) is 0 Å². The summed E-state index contributed by atoms with van der Waals surface area (Å²) in [5.74, 6) is -2.08. The highest BCUT2D eigenvalue weighted by atomic mass is 16.5. The summed E-state index contributed by atoms with van der Waals surface area (Å²) in [6.45, 7) is 1.33. The third kappa shape index (κ3) is 8.60. The van der Waals surface area contributed by atoms with Crippen LogP contribution in [0.3, 0.4) is 0 Å². The number of esters is 1. The predicted molar refractivity (Wildman–Crippen MR) is 136 cm³/mol. The van der Waals surface area contributed by atoms with Gasteiger partial charge in [0, 0.05) is 38.1 Å². The first-order chi connectivity index (χ1) is 17.9. The van der Waals surface area contributed by atoms with E-state index in [1.807, 2.05) is 60.7 Å². The highest BCUT2D eigenvalue weighted by Crippen LogP contribution is 2.08. The summed E-state index contributed by atoms with van der Waals surface area (Å²) >= 11 is 0. The summed E-state index contributed by atoms with van der Waals surface area (Å²) in [4.78, 5) is 57.8. The number of ether oxygens (including phenoxy) is 1. The topological polar surface area (TPSA) is 142 Å². The second-order valence-corrected chi connectivity index (χ2v) is 8.56. The average Bonchev–Trinajstić information content (AvgIpc) is 3.41. The molecule has 0 aliphatic rings. The zero-order chi connectivity index (χ0) is 26.6. The SMILES string of the molecule is COC(=O)[C@H](Cc1cnc[nH]1)NC(=O)[C@@H](Cc1ccccc1)NC(=O)[C@@H](Cc1ccccc1)NC(C)=O. The highest BCUT2D eigenvalue weighted by molar-refractivity contribution is 5.93. The van der Waals surface area contributed by atoms with Gasteiger partial charge in [0.2, 0.25) is 17.7 Å². The van der Waals surface area contributed by atoms with Crippen molar-refractivity contribution >= 4 is 23.7 Å². The molecular weight excluding hydrogens is 474 g/mol.